The van der Waals surface area contributed by atoms with Crippen molar-refractivity contribution in [2.75, 3.05) is 7.11 Å². The second-order valence-electron chi connectivity index (χ2n) is 3.97. The minimum atomic E-state index is 0.924. The molecule has 0 saturated heterocycles. The molecule has 0 aliphatic heterocycles. The summed E-state index contributed by atoms with van der Waals surface area (Å²) < 4.78 is 4.87. The van der Waals surface area contributed by atoms with E-state index in [4.69, 9.17) is 4.74 Å². The highest BCUT2D eigenvalue weighted by molar-refractivity contribution is 4.80. The summed E-state index contributed by atoms with van der Waals surface area (Å²) in [6, 6.07) is 0. The monoisotopic (exact) mass is 168 g/mol. The third-order valence-corrected chi connectivity index (χ3v) is 2.84. The highest BCUT2D eigenvalue weighted by Crippen LogP contribution is 2.30. The summed E-state index contributed by atoms with van der Waals surface area (Å²) in [5, 5.41) is 0. The van der Waals surface area contributed by atoms with E-state index in [1.807, 2.05) is 0 Å². The molecule has 0 aromatic carbocycles. The van der Waals surface area contributed by atoms with Crippen LogP contribution in [0.1, 0.15) is 39.0 Å². The van der Waals surface area contributed by atoms with E-state index in [1.165, 1.54) is 32.1 Å². The van der Waals surface area contributed by atoms with E-state index in [0.717, 1.165) is 11.8 Å². The van der Waals surface area contributed by atoms with Crippen LogP contribution in [0.3, 0.4) is 0 Å². The van der Waals surface area contributed by atoms with Gasteiger partial charge in [-0.3, -0.25) is 0 Å². The number of ether oxygens (including phenoxy) is 1. The largest absolute Gasteiger partial charge is 0.505 e. The van der Waals surface area contributed by atoms with Crippen LogP contribution in [0.2, 0.25) is 0 Å². The minimum absolute atomic E-state index is 0.924. The van der Waals surface area contributed by atoms with Gasteiger partial charge >= 0.3 is 0 Å². The van der Waals surface area contributed by atoms with E-state index < -0.39 is 0 Å². The normalized spacial score (nSPS) is 30.8. The lowest BCUT2D eigenvalue weighted by Crippen LogP contribution is -2.11. The molecule has 1 heteroatoms. The summed E-state index contributed by atoms with van der Waals surface area (Å²) >= 11 is 0. The Kier molecular flexibility index (Phi) is 4.20. The van der Waals surface area contributed by atoms with Crippen LogP contribution in [0, 0.1) is 11.8 Å². The Morgan fingerprint density at radius 2 is 1.92 bits per heavy atom. The zero-order chi connectivity index (χ0) is 8.81. The van der Waals surface area contributed by atoms with Crippen molar-refractivity contribution in [2.24, 2.45) is 11.8 Å². The molecule has 0 radical (unpaired) electrons. The van der Waals surface area contributed by atoms with Crippen molar-refractivity contribution in [2.45, 2.75) is 39.0 Å². The first-order valence-corrected chi connectivity index (χ1v) is 5.00. The lowest BCUT2D eigenvalue weighted by molar-refractivity contribution is 0.287. The van der Waals surface area contributed by atoms with Crippen molar-refractivity contribution in [1.29, 1.82) is 0 Å². The van der Waals surface area contributed by atoms with Crippen LogP contribution in [0.5, 0.6) is 0 Å². The maximum Gasteiger partial charge on any atom is 0.0784 e. The Morgan fingerprint density at radius 1 is 1.25 bits per heavy atom. The summed E-state index contributed by atoms with van der Waals surface area (Å²) in [7, 11) is 1.71. The Morgan fingerprint density at radius 3 is 2.50 bits per heavy atom. The molecule has 0 heterocycles. The molecule has 0 aromatic rings. The van der Waals surface area contributed by atoms with Crippen molar-refractivity contribution in [3.63, 3.8) is 0 Å². The van der Waals surface area contributed by atoms with E-state index in [2.05, 4.69) is 13.0 Å². The third-order valence-electron chi connectivity index (χ3n) is 2.84. The quantitative estimate of drug-likeness (QED) is 0.587. The molecule has 70 valence electrons. The van der Waals surface area contributed by atoms with Crippen LogP contribution in [0.15, 0.2) is 12.3 Å². The van der Waals surface area contributed by atoms with Crippen molar-refractivity contribution >= 4 is 0 Å². The van der Waals surface area contributed by atoms with Gasteiger partial charge in [-0.05, 0) is 37.2 Å². The minimum Gasteiger partial charge on any atom is -0.505 e. The Labute approximate surface area is 75.8 Å². The van der Waals surface area contributed by atoms with Crippen molar-refractivity contribution < 1.29 is 4.74 Å². The number of hydrogen-bond acceptors (Lipinski definition) is 1. The fraction of sp³-hybridized carbons (Fsp3) is 0.818. The molecule has 0 N–H and O–H groups in total. The van der Waals surface area contributed by atoms with Gasteiger partial charge in [-0.25, -0.2) is 0 Å². The van der Waals surface area contributed by atoms with Gasteiger partial charge in [-0.2, -0.15) is 0 Å². The van der Waals surface area contributed by atoms with Crippen LogP contribution in [0.25, 0.3) is 0 Å². The zero-order valence-corrected chi connectivity index (χ0v) is 8.25. The van der Waals surface area contributed by atoms with Crippen LogP contribution in [-0.2, 0) is 4.74 Å². The number of hydrogen-bond donors (Lipinski definition) is 0. The van der Waals surface area contributed by atoms with Crippen molar-refractivity contribution in [3.05, 3.63) is 12.3 Å². The van der Waals surface area contributed by atoms with E-state index in [0.29, 0.717) is 0 Å². The Bertz CT molecular complexity index is 132. The molecule has 0 bridgehead atoms. The summed E-state index contributed by atoms with van der Waals surface area (Å²) in [5.74, 6) is 1.89. The first kappa shape index (κ1) is 9.63. The molecule has 1 saturated carbocycles. The molecule has 0 atom stereocenters. The van der Waals surface area contributed by atoms with Crippen molar-refractivity contribution in [3.8, 4) is 0 Å². The summed E-state index contributed by atoms with van der Waals surface area (Å²) in [5.41, 5.74) is 0. The molecular weight excluding hydrogens is 148 g/mol. The van der Waals surface area contributed by atoms with E-state index >= 15 is 0 Å². The molecule has 1 rings (SSSR count). The number of methoxy groups -OCH3 is 1. The predicted molar refractivity (Wildman–Crippen MR) is 51.9 cm³/mol. The van der Waals surface area contributed by atoms with Gasteiger partial charge in [0.25, 0.3) is 0 Å². The Balaban J connectivity index is 2.13. The molecule has 0 amide bonds. The van der Waals surface area contributed by atoms with Crippen molar-refractivity contribution in [1.82, 2.24) is 0 Å². The first-order chi connectivity index (χ1) is 5.83. The predicted octanol–water partition coefficient (Wildman–Crippen LogP) is 3.36. The molecule has 0 spiro atoms. The zero-order valence-electron chi connectivity index (χ0n) is 8.25. The van der Waals surface area contributed by atoms with E-state index in [-0.39, 0.29) is 0 Å². The molecule has 0 aromatic heterocycles. The highest BCUT2D eigenvalue weighted by Gasteiger charge is 2.16. The average molecular weight is 168 g/mol. The van der Waals surface area contributed by atoms with Gasteiger partial charge in [0.05, 0.1) is 13.4 Å². The topological polar surface area (TPSA) is 9.23 Å². The smallest absolute Gasteiger partial charge is 0.0784 e. The van der Waals surface area contributed by atoms with Gasteiger partial charge in [0.1, 0.15) is 0 Å². The van der Waals surface area contributed by atoms with Gasteiger partial charge < -0.3 is 4.74 Å². The molecular formula is C11H20O. The maximum absolute atomic E-state index is 4.87. The van der Waals surface area contributed by atoms with Crippen LogP contribution >= 0.6 is 0 Å². The molecule has 1 aliphatic rings. The van der Waals surface area contributed by atoms with Gasteiger partial charge in [0.2, 0.25) is 0 Å². The van der Waals surface area contributed by atoms with E-state index in [9.17, 15) is 0 Å². The molecule has 1 nitrogen and oxygen atoms in total. The van der Waals surface area contributed by atoms with Crippen LogP contribution in [0.4, 0.5) is 0 Å². The summed E-state index contributed by atoms with van der Waals surface area (Å²) in [4.78, 5) is 0. The maximum atomic E-state index is 4.87. The first-order valence-electron chi connectivity index (χ1n) is 5.00. The second-order valence-corrected chi connectivity index (χ2v) is 3.97. The van der Waals surface area contributed by atoms with Gasteiger partial charge in [0, 0.05) is 0 Å². The lowest BCUT2D eigenvalue weighted by atomic mass is 9.81. The summed E-state index contributed by atoms with van der Waals surface area (Å²) in [6.45, 7) is 2.36. The van der Waals surface area contributed by atoms with E-state index in [1.54, 1.807) is 13.4 Å². The Hall–Kier alpha value is -0.460. The standard InChI is InChI=1S/C11H20O/c1-10-5-7-11(8-6-10)4-3-9-12-2/h3,9-11H,4-8H2,1-2H3. The van der Waals surface area contributed by atoms with Crippen LogP contribution in [-0.4, -0.2) is 7.11 Å². The summed E-state index contributed by atoms with van der Waals surface area (Å²) in [6.07, 6.45) is 10.8. The molecule has 12 heavy (non-hydrogen) atoms. The second kappa shape index (κ2) is 5.23. The average Bonchev–Trinajstić information content (AvgIpc) is 2.09. The SMILES string of the molecule is COC=CCC1CCC(C)CC1. The number of rotatable bonds is 3. The third kappa shape index (κ3) is 3.29. The van der Waals surface area contributed by atoms with Gasteiger partial charge in [0.15, 0.2) is 0 Å². The fourth-order valence-electron chi connectivity index (χ4n) is 1.91. The van der Waals surface area contributed by atoms with Crippen LogP contribution < -0.4 is 0 Å². The molecule has 1 aliphatic carbocycles. The molecule has 0 unspecified atom stereocenters. The molecule has 1 fully saturated rings. The van der Waals surface area contributed by atoms with Gasteiger partial charge in [-0.1, -0.05) is 19.8 Å². The number of allylic oxidation sites excluding steroid dienone is 1. The fourth-order valence-corrected chi connectivity index (χ4v) is 1.91. The lowest BCUT2D eigenvalue weighted by Gasteiger charge is -2.24. The highest BCUT2D eigenvalue weighted by atomic mass is 16.5. The van der Waals surface area contributed by atoms with Gasteiger partial charge in [-0.15, -0.1) is 0 Å².